The van der Waals surface area contributed by atoms with E-state index < -0.39 is 9.84 Å². The molecule has 0 spiro atoms. The molecule has 3 aromatic rings. The number of hydrogen-bond acceptors (Lipinski definition) is 5. The van der Waals surface area contributed by atoms with Gasteiger partial charge in [0.2, 0.25) is 0 Å². The summed E-state index contributed by atoms with van der Waals surface area (Å²) in [6, 6.07) is 9.41. The summed E-state index contributed by atoms with van der Waals surface area (Å²) in [7, 11) is -3.83. The molecule has 0 radical (unpaired) electrons. The summed E-state index contributed by atoms with van der Waals surface area (Å²) in [5.74, 6) is -0.230. The van der Waals surface area contributed by atoms with E-state index in [1.54, 1.807) is 30.3 Å². The standard InChI is InChI=1S/C32H34Cl2N4O4S/c1-19-29(35-20(2)30(19)32(40)38-13-10-21(17-38)16-37-11-3-4-12-37)15-24-23-14-22(8-9-28(23)36-31(24)39)43(41,42)18-25-26(33)6-5-7-27(25)34/h5-9,14-15,21,35H,3-4,10-13,16-18H2,1-2H3,(H,36,39)/b24-15-/t21-/m1/s1. The van der Waals surface area contributed by atoms with Crippen molar-refractivity contribution in [3.8, 4) is 0 Å². The van der Waals surface area contributed by atoms with Gasteiger partial charge in [0.1, 0.15) is 0 Å². The number of hydrogen-bond donors (Lipinski definition) is 2. The Hall–Kier alpha value is -3.11. The number of benzene rings is 2. The fourth-order valence-electron chi connectivity index (χ4n) is 6.49. The molecule has 11 heteroatoms. The van der Waals surface area contributed by atoms with Crippen molar-refractivity contribution < 1.29 is 18.0 Å². The molecular weight excluding hydrogens is 607 g/mol. The van der Waals surface area contributed by atoms with Crippen molar-refractivity contribution in [2.45, 2.75) is 43.8 Å². The van der Waals surface area contributed by atoms with E-state index in [2.05, 4.69) is 15.2 Å². The van der Waals surface area contributed by atoms with Gasteiger partial charge >= 0.3 is 0 Å². The van der Waals surface area contributed by atoms with Crippen molar-refractivity contribution in [3.63, 3.8) is 0 Å². The second-order valence-corrected chi connectivity index (χ2v) is 14.6. The van der Waals surface area contributed by atoms with Gasteiger partial charge in [-0.15, -0.1) is 0 Å². The van der Waals surface area contributed by atoms with Crippen LogP contribution in [0.1, 0.15) is 57.7 Å². The quantitative estimate of drug-likeness (QED) is 0.310. The molecule has 0 bridgehead atoms. The van der Waals surface area contributed by atoms with Crippen molar-refractivity contribution in [2.75, 3.05) is 38.0 Å². The van der Waals surface area contributed by atoms with Gasteiger partial charge in [0.15, 0.2) is 9.84 Å². The number of aromatic nitrogens is 1. The maximum Gasteiger partial charge on any atom is 0.256 e. The third-order valence-electron chi connectivity index (χ3n) is 8.80. The Morgan fingerprint density at radius 2 is 1.79 bits per heavy atom. The number of amides is 2. The average molecular weight is 642 g/mol. The monoisotopic (exact) mass is 640 g/mol. The van der Waals surface area contributed by atoms with E-state index in [1.165, 1.54) is 25.0 Å². The molecular formula is C32H34Cl2N4O4S. The van der Waals surface area contributed by atoms with Crippen LogP contribution in [-0.4, -0.2) is 67.7 Å². The molecule has 1 aromatic heterocycles. The molecule has 6 rings (SSSR count). The number of halogens is 2. The van der Waals surface area contributed by atoms with Gasteiger partial charge in [-0.25, -0.2) is 8.42 Å². The second kappa shape index (κ2) is 11.8. The predicted molar refractivity (Wildman–Crippen MR) is 170 cm³/mol. The van der Waals surface area contributed by atoms with Gasteiger partial charge in [0.25, 0.3) is 11.8 Å². The maximum atomic E-state index is 13.6. The van der Waals surface area contributed by atoms with E-state index >= 15 is 0 Å². The molecule has 2 N–H and O–H groups in total. The highest BCUT2D eigenvalue weighted by molar-refractivity contribution is 7.90. The molecule has 226 valence electrons. The molecule has 2 aromatic carbocycles. The largest absolute Gasteiger partial charge is 0.358 e. The third kappa shape index (κ3) is 5.88. The first-order valence-corrected chi connectivity index (χ1v) is 17.0. The number of nitrogens with one attached hydrogen (secondary N) is 2. The van der Waals surface area contributed by atoms with Crippen molar-refractivity contribution >= 4 is 62.2 Å². The molecule has 3 aliphatic rings. The van der Waals surface area contributed by atoms with Gasteiger partial charge in [-0.1, -0.05) is 29.3 Å². The zero-order valence-corrected chi connectivity index (χ0v) is 26.5. The molecule has 1 atom stereocenters. The first kappa shape index (κ1) is 29.9. The normalized spacial score (nSPS) is 19.8. The summed E-state index contributed by atoms with van der Waals surface area (Å²) in [6.07, 6.45) is 5.22. The Morgan fingerprint density at radius 3 is 2.51 bits per heavy atom. The second-order valence-electron chi connectivity index (χ2n) is 11.8. The van der Waals surface area contributed by atoms with Crippen molar-refractivity contribution in [1.29, 1.82) is 0 Å². The summed E-state index contributed by atoms with van der Waals surface area (Å²) < 4.78 is 26.8. The molecule has 43 heavy (non-hydrogen) atoms. The van der Waals surface area contributed by atoms with Crippen molar-refractivity contribution in [1.82, 2.24) is 14.8 Å². The molecule has 0 saturated carbocycles. The fraction of sp³-hybridized carbons (Fsp3) is 0.375. The van der Waals surface area contributed by atoms with Crippen LogP contribution < -0.4 is 5.32 Å². The predicted octanol–water partition coefficient (Wildman–Crippen LogP) is 5.96. The van der Waals surface area contributed by atoms with Crippen LogP contribution in [0, 0.1) is 19.8 Å². The summed E-state index contributed by atoms with van der Waals surface area (Å²) in [5.41, 5.74) is 4.40. The molecule has 0 unspecified atom stereocenters. The number of likely N-dealkylation sites (tertiary alicyclic amines) is 2. The molecule has 2 amide bonds. The van der Waals surface area contributed by atoms with E-state index in [0.29, 0.717) is 39.6 Å². The summed E-state index contributed by atoms with van der Waals surface area (Å²) in [4.78, 5) is 34.5. The van der Waals surface area contributed by atoms with E-state index in [0.717, 1.165) is 50.4 Å². The summed E-state index contributed by atoms with van der Waals surface area (Å²) >= 11 is 12.5. The van der Waals surface area contributed by atoms with Crippen molar-refractivity contribution in [3.05, 3.63) is 80.1 Å². The zero-order valence-electron chi connectivity index (χ0n) is 24.2. The number of rotatable bonds is 7. The molecule has 0 aliphatic carbocycles. The number of nitrogens with zero attached hydrogens (tertiary/aromatic N) is 2. The van der Waals surface area contributed by atoms with Gasteiger partial charge in [-0.05, 0) is 94.1 Å². The third-order valence-corrected chi connectivity index (χ3v) is 11.1. The fourth-order valence-corrected chi connectivity index (χ4v) is 8.61. The van der Waals surface area contributed by atoms with E-state index in [9.17, 15) is 18.0 Å². The van der Waals surface area contributed by atoms with Crippen LogP contribution in [0.5, 0.6) is 0 Å². The van der Waals surface area contributed by atoms with Crippen LogP contribution in [0.15, 0.2) is 41.3 Å². The van der Waals surface area contributed by atoms with Gasteiger partial charge in [0, 0.05) is 57.9 Å². The van der Waals surface area contributed by atoms with Crippen LogP contribution in [0.25, 0.3) is 11.6 Å². The Balaban J connectivity index is 1.26. The van der Waals surface area contributed by atoms with Crippen LogP contribution in [-0.2, 0) is 20.4 Å². The lowest BCUT2D eigenvalue weighted by molar-refractivity contribution is -0.110. The number of anilines is 1. The Morgan fingerprint density at radius 1 is 1.07 bits per heavy atom. The Bertz CT molecular complexity index is 1740. The van der Waals surface area contributed by atoms with Crippen molar-refractivity contribution in [2.24, 2.45) is 5.92 Å². The van der Waals surface area contributed by atoms with Crippen LogP contribution >= 0.6 is 23.2 Å². The van der Waals surface area contributed by atoms with E-state index in [1.807, 2.05) is 18.7 Å². The van der Waals surface area contributed by atoms with Crippen LogP contribution in [0.4, 0.5) is 5.69 Å². The van der Waals surface area contributed by atoms with Gasteiger partial charge < -0.3 is 20.1 Å². The maximum absolute atomic E-state index is 13.6. The molecule has 2 fully saturated rings. The Kier molecular flexibility index (Phi) is 8.19. The zero-order chi connectivity index (χ0) is 30.5. The minimum absolute atomic E-state index is 0.00251. The first-order chi connectivity index (χ1) is 20.5. The average Bonchev–Trinajstić information content (AvgIpc) is 3.75. The highest BCUT2D eigenvalue weighted by atomic mass is 35.5. The first-order valence-electron chi connectivity index (χ1n) is 14.6. The van der Waals surface area contributed by atoms with Gasteiger partial charge in [0.05, 0.1) is 21.8 Å². The highest BCUT2D eigenvalue weighted by Crippen LogP contribution is 2.37. The number of H-pyrrole nitrogens is 1. The number of carbonyl (C=O) groups is 2. The van der Waals surface area contributed by atoms with Gasteiger partial charge in [-0.2, -0.15) is 0 Å². The summed E-state index contributed by atoms with van der Waals surface area (Å²) in [6.45, 7) is 8.59. The topological polar surface area (TPSA) is 103 Å². The molecule has 3 aliphatic heterocycles. The smallest absolute Gasteiger partial charge is 0.256 e. The molecule has 2 saturated heterocycles. The number of aromatic amines is 1. The summed E-state index contributed by atoms with van der Waals surface area (Å²) in [5, 5.41) is 3.36. The number of carbonyl (C=O) groups excluding carboxylic acids is 2. The Labute approximate surface area is 262 Å². The lowest BCUT2D eigenvalue weighted by Gasteiger charge is -2.21. The molecule has 8 nitrogen and oxygen atoms in total. The van der Waals surface area contributed by atoms with Crippen LogP contribution in [0.3, 0.4) is 0 Å². The lowest BCUT2D eigenvalue weighted by atomic mass is 10.0. The minimum Gasteiger partial charge on any atom is -0.358 e. The number of aryl methyl sites for hydroxylation is 1. The number of fused-ring (bicyclic) bond motifs is 1. The minimum atomic E-state index is -3.83. The van der Waals surface area contributed by atoms with E-state index in [-0.39, 0.29) is 32.5 Å². The highest BCUT2D eigenvalue weighted by Gasteiger charge is 2.32. The molecule has 4 heterocycles. The van der Waals surface area contributed by atoms with E-state index in [4.69, 9.17) is 23.2 Å². The van der Waals surface area contributed by atoms with Gasteiger partial charge in [-0.3, -0.25) is 9.59 Å². The lowest BCUT2D eigenvalue weighted by Crippen LogP contribution is -2.32. The number of sulfone groups is 1. The van der Waals surface area contributed by atoms with Crippen LogP contribution in [0.2, 0.25) is 10.0 Å². The SMILES string of the molecule is Cc1[nH]c(/C=C2\C(=O)Nc3ccc(S(=O)(=O)Cc4c(Cl)cccc4Cl)cc32)c(C)c1C(=O)N1CC[C@H](CN2CCCC2)C1.